The van der Waals surface area contributed by atoms with Crippen molar-refractivity contribution in [3.8, 4) is 0 Å². The van der Waals surface area contributed by atoms with Gasteiger partial charge >= 0.3 is 0 Å². The lowest BCUT2D eigenvalue weighted by Crippen LogP contribution is -2.35. The molecule has 0 spiro atoms. The Bertz CT molecular complexity index is 401. The van der Waals surface area contributed by atoms with E-state index in [1.54, 1.807) is 0 Å². The molecule has 0 radical (unpaired) electrons. The number of unbranched alkanes of at least 4 members (excludes halogenated alkanes) is 1. The summed E-state index contributed by atoms with van der Waals surface area (Å²) >= 11 is 0. The minimum atomic E-state index is -2.08. The molecule has 1 aromatic rings. The van der Waals surface area contributed by atoms with E-state index in [9.17, 15) is 0 Å². The van der Waals surface area contributed by atoms with Gasteiger partial charge in [-0.15, -0.1) is 0 Å². The molecule has 0 atom stereocenters. The number of carbonyl (C=O) groups is 1. The monoisotopic (exact) mass is 279 g/mol. The lowest BCUT2D eigenvalue weighted by molar-refractivity contribution is -0.870. The Hall–Kier alpha value is -1.81. The van der Waals surface area contributed by atoms with E-state index in [2.05, 4.69) is 52.0 Å². The highest BCUT2D eigenvalue weighted by atomic mass is 16.6. The first-order chi connectivity index (χ1) is 9.24. The molecule has 0 saturated heterocycles. The van der Waals surface area contributed by atoms with Crippen LogP contribution in [0.1, 0.15) is 24.0 Å². The fraction of sp³-hybridized carbons (Fsp3) is 0.438. The molecular formula is C16H25NO3. The summed E-state index contributed by atoms with van der Waals surface area (Å²) in [6.07, 6.45) is 3.58. The Kier molecular flexibility index (Phi) is 8.32. The number of hydrogen-bond donors (Lipinski definition) is 1. The van der Waals surface area contributed by atoms with E-state index in [0.29, 0.717) is 0 Å². The van der Waals surface area contributed by atoms with Crippen LogP contribution in [0.3, 0.4) is 0 Å². The van der Waals surface area contributed by atoms with Crippen molar-refractivity contribution in [1.29, 1.82) is 0 Å². The molecule has 0 saturated carbocycles. The predicted octanol–water partition coefficient (Wildman–Crippen LogP) is 2.25. The van der Waals surface area contributed by atoms with Gasteiger partial charge in [-0.1, -0.05) is 36.9 Å². The molecule has 0 aliphatic heterocycles. The van der Waals surface area contributed by atoms with Crippen LogP contribution in [0.4, 0.5) is 4.79 Å². The molecule has 0 amide bonds. The highest BCUT2D eigenvalue weighted by Gasteiger charge is 2.05. The molecule has 0 unspecified atom stereocenters. The quantitative estimate of drug-likeness (QED) is 0.642. The zero-order valence-corrected chi connectivity index (χ0v) is 12.6. The van der Waals surface area contributed by atoms with E-state index in [-0.39, 0.29) is 0 Å². The molecule has 0 aliphatic rings. The van der Waals surface area contributed by atoms with Crippen LogP contribution >= 0.6 is 0 Å². The number of quaternary nitrogens is 1. The van der Waals surface area contributed by atoms with Crippen molar-refractivity contribution >= 4 is 12.2 Å². The summed E-state index contributed by atoms with van der Waals surface area (Å²) in [6, 6.07) is 8.70. The predicted molar refractivity (Wildman–Crippen MR) is 80.4 cm³/mol. The molecule has 0 heterocycles. The minimum Gasteiger partial charge on any atom is -0.565 e. The Morgan fingerprint density at radius 1 is 1.25 bits per heavy atom. The van der Waals surface area contributed by atoms with E-state index in [0.717, 1.165) is 4.48 Å². The second-order valence-electron chi connectivity index (χ2n) is 5.68. The molecule has 4 nitrogen and oxygen atoms in total. The minimum absolute atomic E-state index is 1.06. The number of nitrogens with zero attached hydrogens (tertiary/aromatic N) is 1. The third-order valence-electron chi connectivity index (χ3n) is 2.76. The molecule has 1 N–H and O–H groups in total. The highest BCUT2D eigenvalue weighted by molar-refractivity contribution is 5.50. The van der Waals surface area contributed by atoms with E-state index >= 15 is 0 Å². The zero-order valence-electron chi connectivity index (χ0n) is 12.6. The summed E-state index contributed by atoms with van der Waals surface area (Å²) in [6.45, 7) is 5.02. The molecule has 0 aliphatic carbocycles. The third kappa shape index (κ3) is 11.3. The van der Waals surface area contributed by atoms with E-state index in [1.165, 1.54) is 36.9 Å². The first kappa shape index (κ1) is 18.2. The van der Waals surface area contributed by atoms with Gasteiger partial charge in [-0.2, -0.15) is 0 Å². The average molecular weight is 279 g/mol. The number of benzene rings is 1. The molecule has 0 bridgehead atoms. The second kappa shape index (κ2) is 9.15. The Morgan fingerprint density at radius 3 is 2.15 bits per heavy atom. The van der Waals surface area contributed by atoms with Crippen LogP contribution in [-0.4, -0.2) is 43.4 Å². The van der Waals surface area contributed by atoms with Crippen LogP contribution in [0.2, 0.25) is 0 Å². The molecular weight excluding hydrogens is 254 g/mol. The molecule has 1 rings (SSSR count). The van der Waals surface area contributed by atoms with Crippen LogP contribution < -0.4 is 5.11 Å². The van der Waals surface area contributed by atoms with Gasteiger partial charge < -0.3 is 19.5 Å². The van der Waals surface area contributed by atoms with E-state index in [4.69, 9.17) is 15.0 Å². The highest BCUT2D eigenvalue weighted by Crippen LogP contribution is 2.09. The van der Waals surface area contributed by atoms with Gasteiger partial charge in [0, 0.05) is 0 Å². The van der Waals surface area contributed by atoms with Crippen molar-refractivity contribution in [3.63, 3.8) is 0 Å². The van der Waals surface area contributed by atoms with Gasteiger partial charge in [0.05, 0.1) is 27.7 Å². The van der Waals surface area contributed by atoms with Gasteiger partial charge in [0.2, 0.25) is 6.16 Å². The van der Waals surface area contributed by atoms with Gasteiger partial charge in [-0.05, 0) is 30.4 Å². The zero-order chi connectivity index (χ0) is 15.6. The van der Waals surface area contributed by atoms with Crippen molar-refractivity contribution in [2.45, 2.75) is 19.3 Å². The first-order valence-electron chi connectivity index (χ1n) is 6.66. The van der Waals surface area contributed by atoms with E-state index in [1.807, 2.05) is 6.08 Å². The normalized spacial score (nSPS) is 10.3. The van der Waals surface area contributed by atoms with Gasteiger partial charge in [-0.3, -0.25) is 0 Å². The maximum absolute atomic E-state index is 8.44. The topological polar surface area (TPSA) is 60.4 Å². The summed E-state index contributed by atoms with van der Waals surface area (Å²) in [5.74, 6) is 0. The summed E-state index contributed by atoms with van der Waals surface area (Å²) in [4.78, 5) is 8.44. The average Bonchev–Trinajstić information content (AvgIpc) is 2.33. The van der Waals surface area contributed by atoms with Crippen LogP contribution in [0.25, 0.3) is 6.08 Å². The van der Waals surface area contributed by atoms with Crippen molar-refractivity contribution in [2.24, 2.45) is 0 Å². The summed E-state index contributed by atoms with van der Waals surface area (Å²) in [5, 5.41) is 15.3. The fourth-order valence-corrected chi connectivity index (χ4v) is 1.74. The lowest BCUT2D eigenvalue weighted by Gasteiger charge is -2.23. The Labute approximate surface area is 121 Å². The second-order valence-corrected chi connectivity index (χ2v) is 5.68. The van der Waals surface area contributed by atoms with Crippen molar-refractivity contribution < 1.29 is 19.5 Å². The van der Waals surface area contributed by atoms with Crippen molar-refractivity contribution in [2.75, 3.05) is 27.7 Å². The SMILES string of the molecule is C=Cc1ccc(CCCC[N+](C)(C)C)cc1.O=C([O-])O. The standard InChI is InChI=1S/C15H24N.CH2O3/c1-5-14-9-11-15(12-10-14)8-6-7-13-16(2,3)4;2-1(3)4/h5,9-12H,1,6-8,13H2,2-4H3;(H2,2,3,4)/q+1;/p-1. The number of aryl methyl sites for hydroxylation is 1. The lowest BCUT2D eigenvalue weighted by atomic mass is 10.1. The molecule has 0 fully saturated rings. The Morgan fingerprint density at radius 2 is 1.75 bits per heavy atom. The van der Waals surface area contributed by atoms with Gasteiger partial charge in [0.25, 0.3) is 0 Å². The van der Waals surface area contributed by atoms with Crippen LogP contribution in [-0.2, 0) is 6.42 Å². The maximum Gasteiger partial charge on any atom is 0.249 e. The van der Waals surface area contributed by atoms with Crippen LogP contribution in [0.5, 0.6) is 0 Å². The first-order valence-corrected chi connectivity index (χ1v) is 6.66. The molecule has 20 heavy (non-hydrogen) atoms. The van der Waals surface area contributed by atoms with Crippen molar-refractivity contribution in [1.82, 2.24) is 0 Å². The largest absolute Gasteiger partial charge is 0.565 e. The van der Waals surface area contributed by atoms with Gasteiger partial charge in [0.1, 0.15) is 0 Å². The smallest absolute Gasteiger partial charge is 0.249 e. The van der Waals surface area contributed by atoms with Crippen molar-refractivity contribution in [3.05, 3.63) is 42.0 Å². The fourth-order valence-electron chi connectivity index (χ4n) is 1.74. The van der Waals surface area contributed by atoms with Crippen LogP contribution in [0.15, 0.2) is 30.8 Å². The number of carboxylic acid groups (broad SMARTS) is 2. The summed E-state index contributed by atoms with van der Waals surface area (Å²) in [7, 11) is 6.75. The molecule has 1 aromatic carbocycles. The number of rotatable bonds is 6. The maximum atomic E-state index is 8.44. The third-order valence-corrected chi connectivity index (χ3v) is 2.76. The molecule has 112 valence electrons. The summed E-state index contributed by atoms with van der Waals surface area (Å²) < 4.78 is 1.06. The molecule has 4 heteroatoms. The van der Waals surface area contributed by atoms with Crippen LogP contribution in [0, 0.1) is 0 Å². The Balaban J connectivity index is 0.000000796. The summed E-state index contributed by atoms with van der Waals surface area (Å²) in [5.41, 5.74) is 2.64. The molecule has 0 aromatic heterocycles. The van der Waals surface area contributed by atoms with Gasteiger partial charge in [0.15, 0.2) is 0 Å². The van der Waals surface area contributed by atoms with Gasteiger partial charge in [-0.25, -0.2) is 0 Å². The van der Waals surface area contributed by atoms with E-state index < -0.39 is 6.16 Å². The number of hydrogen-bond acceptors (Lipinski definition) is 2.